The van der Waals surface area contributed by atoms with Gasteiger partial charge in [-0.1, -0.05) is 18.2 Å². The summed E-state index contributed by atoms with van der Waals surface area (Å²) in [5, 5.41) is 2.73. The molecule has 2 aromatic rings. The third-order valence-electron chi connectivity index (χ3n) is 2.98. The number of hydrogen-bond acceptors (Lipinski definition) is 3. The van der Waals surface area contributed by atoms with E-state index in [1.165, 1.54) is 0 Å². The number of hydrogen-bond donors (Lipinski definition) is 2. The number of carbonyl (C=O) groups is 1. The van der Waals surface area contributed by atoms with Gasteiger partial charge in [-0.2, -0.15) is 0 Å². The average molecular weight is 367 g/mol. The van der Waals surface area contributed by atoms with Crippen LogP contribution in [0.2, 0.25) is 0 Å². The minimum atomic E-state index is -1.42. The molecule has 2 aromatic carbocycles. The zero-order valence-corrected chi connectivity index (χ0v) is 13.8. The van der Waals surface area contributed by atoms with Gasteiger partial charge < -0.3 is 11.1 Å². The Morgan fingerprint density at radius 1 is 1.24 bits per heavy atom. The van der Waals surface area contributed by atoms with Gasteiger partial charge in [0.25, 0.3) is 0 Å². The summed E-state index contributed by atoms with van der Waals surface area (Å²) in [7, 11) is -1.42. The van der Waals surface area contributed by atoms with Crippen LogP contribution in [0.3, 0.4) is 0 Å². The molecule has 3 N–H and O–H groups in total. The maximum absolute atomic E-state index is 12.3. The third-order valence-corrected chi connectivity index (χ3v) is 5.13. The molecule has 0 fully saturated rings. The highest BCUT2D eigenvalue weighted by molar-refractivity contribution is 9.10. The summed E-state index contributed by atoms with van der Waals surface area (Å²) in [6.07, 6.45) is 0. The minimum absolute atomic E-state index is 0.106. The minimum Gasteiger partial charge on any atom is -0.398 e. The number of amides is 1. The Labute approximate surface area is 134 Å². The summed E-state index contributed by atoms with van der Waals surface area (Å²) >= 11 is 3.35. The van der Waals surface area contributed by atoms with Crippen LogP contribution < -0.4 is 11.1 Å². The second kappa shape index (κ2) is 6.87. The molecular weight excluding hydrogens is 352 g/mol. The summed E-state index contributed by atoms with van der Waals surface area (Å²) in [6.45, 7) is 1.80. The number of nitrogens with one attached hydrogen (secondary N) is 1. The molecule has 0 heterocycles. The molecule has 6 heteroatoms. The van der Waals surface area contributed by atoms with E-state index in [2.05, 4.69) is 21.2 Å². The van der Waals surface area contributed by atoms with Crippen molar-refractivity contribution in [1.82, 2.24) is 0 Å². The van der Waals surface area contributed by atoms with Crippen molar-refractivity contribution in [3.63, 3.8) is 0 Å². The largest absolute Gasteiger partial charge is 0.398 e. The number of nitrogens with two attached hydrogens (primary N) is 1. The second-order valence-corrected chi connectivity index (χ2v) is 6.76. The molecule has 0 saturated carbocycles. The van der Waals surface area contributed by atoms with E-state index in [0.717, 1.165) is 10.0 Å². The van der Waals surface area contributed by atoms with E-state index in [4.69, 9.17) is 5.73 Å². The number of anilines is 2. The van der Waals surface area contributed by atoms with Crippen molar-refractivity contribution in [2.75, 3.05) is 16.8 Å². The van der Waals surface area contributed by atoms with Crippen LogP contribution in [0.5, 0.6) is 0 Å². The topological polar surface area (TPSA) is 72.2 Å². The Balaban J connectivity index is 2.08. The predicted octanol–water partition coefficient (Wildman–Crippen LogP) is 3.09. The fraction of sp³-hybridized carbons (Fsp3) is 0.133. The molecule has 1 atom stereocenters. The van der Waals surface area contributed by atoms with Gasteiger partial charge in [-0.15, -0.1) is 0 Å². The smallest absolute Gasteiger partial charge is 0.237 e. The van der Waals surface area contributed by atoms with Gasteiger partial charge in [-0.05, 0) is 52.7 Å². The fourth-order valence-electron chi connectivity index (χ4n) is 1.82. The summed E-state index contributed by atoms with van der Waals surface area (Å²) in [4.78, 5) is 12.6. The van der Waals surface area contributed by atoms with Crippen molar-refractivity contribution in [3.05, 3.63) is 52.5 Å². The first kappa shape index (κ1) is 15.7. The van der Waals surface area contributed by atoms with Gasteiger partial charge in [0.05, 0.1) is 16.5 Å². The normalized spacial score (nSPS) is 11.9. The van der Waals surface area contributed by atoms with E-state index in [0.29, 0.717) is 16.3 Å². The van der Waals surface area contributed by atoms with E-state index >= 15 is 0 Å². The van der Waals surface area contributed by atoms with E-state index in [-0.39, 0.29) is 11.7 Å². The van der Waals surface area contributed by atoms with E-state index in [1.54, 1.807) is 31.2 Å². The van der Waals surface area contributed by atoms with Crippen molar-refractivity contribution < 1.29 is 9.00 Å². The van der Waals surface area contributed by atoms with Crippen LogP contribution in [-0.2, 0) is 15.6 Å². The SMILES string of the molecule is Cc1c(N)cccc1S(=O)CC(=O)Nc1ccccc1Br. The summed E-state index contributed by atoms with van der Waals surface area (Å²) in [5.74, 6) is -0.409. The lowest BCUT2D eigenvalue weighted by molar-refractivity contribution is -0.113. The van der Waals surface area contributed by atoms with Crippen LogP contribution in [0.4, 0.5) is 11.4 Å². The van der Waals surface area contributed by atoms with Crippen LogP contribution >= 0.6 is 15.9 Å². The molecule has 1 amide bonds. The van der Waals surface area contributed by atoms with Gasteiger partial charge in [0.2, 0.25) is 5.91 Å². The molecule has 0 bridgehead atoms. The maximum atomic E-state index is 12.3. The molecule has 0 aromatic heterocycles. The molecule has 0 aliphatic heterocycles. The lowest BCUT2D eigenvalue weighted by Crippen LogP contribution is -2.20. The maximum Gasteiger partial charge on any atom is 0.237 e. The highest BCUT2D eigenvalue weighted by atomic mass is 79.9. The van der Waals surface area contributed by atoms with Crippen molar-refractivity contribution in [2.45, 2.75) is 11.8 Å². The number of carbonyl (C=O) groups excluding carboxylic acids is 1. The van der Waals surface area contributed by atoms with Gasteiger partial charge in [0, 0.05) is 15.1 Å². The molecule has 0 radical (unpaired) electrons. The van der Waals surface area contributed by atoms with Crippen molar-refractivity contribution in [1.29, 1.82) is 0 Å². The molecule has 0 saturated heterocycles. The Kier molecular flexibility index (Phi) is 5.14. The Bertz CT molecular complexity index is 704. The summed E-state index contributed by atoms with van der Waals surface area (Å²) in [5.41, 5.74) is 7.78. The quantitative estimate of drug-likeness (QED) is 0.816. The molecule has 0 spiro atoms. The molecule has 110 valence electrons. The molecular formula is C15H15BrN2O2S. The van der Waals surface area contributed by atoms with Gasteiger partial charge >= 0.3 is 0 Å². The molecule has 0 aliphatic rings. The number of para-hydroxylation sites is 1. The standard InChI is InChI=1S/C15H15BrN2O2S/c1-10-12(17)6-4-8-14(10)21(20)9-15(19)18-13-7-3-2-5-11(13)16/h2-8H,9,17H2,1H3,(H,18,19). The molecule has 21 heavy (non-hydrogen) atoms. The van der Waals surface area contributed by atoms with E-state index in [9.17, 15) is 9.00 Å². The van der Waals surface area contributed by atoms with Gasteiger partial charge in [-0.3, -0.25) is 9.00 Å². The van der Waals surface area contributed by atoms with Crippen molar-refractivity contribution in [3.8, 4) is 0 Å². The molecule has 0 aliphatic carbocycles. The van der Waals surface area contributed by atoms with Crippen molar-refractivity contribution >= 4 is 44.0 Å². The number of rotatable bonds is 4. The first-order chi connectivity index (χ1) is 9.99. The third kappa shape index (κ3) is 3.92. The zero-order chi connectivity index (χ0) is 15.4. The van der Waals surface area contributed by atoms with Gasteiger partial charge in [-0.25, -0.2) is 0 Å². The first-order valence-electron chi connectivity index (χ1n) is 6.27. The fourth-order valence-corrected chi connectivity index (χ4v) is 3.36. The number of benzene rings is 2. The Morgan fingerprint density at radius 2 is 1.95 bits per heavy atom. The summed E-state index contributed by atoms with van der Waals surface area (Å²) in [6, 6.07) is 12.5. The Morgan fingerprint density at radius 3 is 2.67 bits per heavy atom. The lowest BCUT2D eigenvalue weighted by Gasteiger charge is -2.09. The molecule has 2 rings (SSSR count). The van der Waals surface area contributed by atoms with Crippen LogP contribution in [-0.4, -0.2) is 15.9 Å². The monoisotopic (exact) mass is 366 g/mol. The number of halogens is 1. The van der Waals surface area contributed by atoms with Crippen LogP contribution in [0.25, 0.3) is 0 Å². The highest BCUT2D eigenvalue weighted by Crippen LogP contribution is 2.22. The Hall–Kier alpha value is -1.66. The van der Waals surface area contributed by atoms with E-state index < -0.39 is 10.8 Å². The first-order valence-corrected chi connectivity index (χ1v) is 8.38. The van der Waals surface area contributed by atoms with Crippen LogP contribution in [0, 0.1) is 6.92 Å². The predicted molar refractivity (Wildman–Crippen MR) is 89.6 cm³/mol. The molecule has 4 nitrogen and oxygen atoms in total. The van der Waals surface area contributed by atoms with Crippen molar-refractivity contribution in [2.24, 2.45) is 0 Å². The van der Waals surface area contributed by atoms with E-state index in [1.807, 2.05) is 18.2 Å². The van der Waals surface area contributed by atoms with Crippen LogP contribution in [0.1, 0.15) is 5.56 Å². The van der Waals surface area contributed by atoms with Crippen LogP contribution in [0.15, 0.2) is 51.8 Å². The lowest BCUT2D eigenvalue weighted by atomic mass is 10.2. The molecule has 1 unspecified atom stereocenters. The number of nitrogen functional groups attached to an aromatic ring is 1. The zero-order valence-electron chi connectivity index (χ0n) is 11.4. The van der Waals surface area contributed by atoms with Gasteiger partial charge in [0.1, 0.15) is 5.75 Å². The average Bonchev–Trinajstić information content (AvgIpc) is 2.44. The second-order valence-electron chi connectivity index (χ2n) is 4.49. The van der Waals surface area contributed by atoms with Gasteiger partial charge in [0.15, 0.2) is 0 Å². The summed E-state index contributed by atoms with van der Waals surface area (Å²) < 4.78 is 13.1. The highest BCUT2D eigenvalue weighted by Gasteiger charge is 2.14.